The molecule has 2 N–H and O–H groups in total. The van der Waals surface area contributed by atoms with Crippen LogP contribution in [0.15, 0.2) is 24.4 Å². The van der Waals surface area contributed by atoms with Crippen LogP contribution >= 0.6 is 0 Å². The number of aromatic nitrogens is 3. The maximum atomic E-state index is 14.4. The van der Waals surface area contributed by atoms with Gasteiger partial charge in [-0.3, -0.25) is 0 Å². The van der Waals surface area contributed by atoms with Crippen LogP contribution in [0.3, 0.4) is 0 Å². The average Bonchev–Trinajstić information content (AvgIpc) is 3.25. The molecule has 7 heteroatoms. The van der Waals surface area contributed by atoms with Gasteiger partial charge in [-0.2, -0.15) is 0 Å². The van der Waals surface area contributed by atoms with E-state index in [4.69, 9.17) is 5.73 Å². The van der Waals surface area contributed by atoms with Crippen molar-refractivity contribution in [3.05, 3.63) is 47.4 Å². The largest absolute Gasteiger partial charge is 0.367 e. The van der Waals surface area contributed by atoms with E-state index in [1.807, 2.05) is 0 Å². The van der Waals surface area contributed by atoms with Crippen LogP contribution in [-0.4, -0.2) is 14.6 Å². The van der Waals surface area contributed by atoms with E-state index in [0.717, 1.165) is 23.4 Å². The Labute approximate surface area is 123 Å². The molecule has 0 unspecified atom stereocenters. The van der Waals surface area contributed by atoms with Crippen molar-refractivity contribution in [3.63, 3.8) is 0 Å². The van der Waals surface area contributed by atoms with Crippen LogP contribution < -0.4 is 5.73 Å². The Balaban J connectivity index is 1.97. The predicted octanol–water partition coefficient (Wildman–Crippen LogP) is 3.27. The van der Waals surface area contributed by atoms with Crippen molar-refractivity contribution >= 4 is 11.5 Å². The quantitative estimate of drug-likeness (QED) is 0.790. The highest BCUT2D eigenvalue weighted by atomic mass is 19.1. The van der Waals surface area contributed by atoms with Gasteiger partial charge in [-0.05, 0) is 36.5 Å². The first-order chi connectivity index (χ1) is 10.5. The molecule has 0 bridgehead atoms. The van der Waals surface area contributed by atoms with Crippen LogP contribution in [0.1, 0.15) is 24.3 Å². The van der Waals surface area contributed by atoms with Crippen molar-refractivity contribution in [2.24, 2.45) is 0 Å². The number of anilines is 1. The lowest BCUT2D eigenvalue weighted by Crippen LogP contribution is -2.03. The van der Waals surface area contributed by atoms with Crippen molar-refractivity contribution in [1.82, 2.24) is 14.6 Å². The molecule has 0 aliphatic heterocycles. The molecule has 1 aliphatic rings. The van der Waals surface area contributed by atoms with Gasteiger partial charge in [-0.25, -0.2) is 22.7 Å². The summed E-state index contributed by atoms with van der Waals surface area (Å²) in [4.78, 5) is 3.68. The molecular formula is C15H11F3N4. The summed E-state index contributed by atoms with van der Waals surface area (Å²) in [6.07, 6.45) is 3.05. The molecule has 0 atom stereocenters. The number of benzene rings is 1. The second-order valence-electron chi connectivity index (χ2n) is 5.42. The summed E-state index contributed by atoms with van der Waals surface area (Å²) in [5.74, 6) is -2.03. The van der Waals surface area contributed by atoms with Crippen molar-refractivity contribution in [3.8, 4) is 11.3 Å². The molecule has 2 heterocycles. The Morgan fingerprint density at radius 3 is 2.36 bits per heavy atom. The number of nitrogens with zero attached hydrogens (tertiary/aromatic N) is 3. The molecule has 0 amide bonds. The van der Waals surface area contributed by atoms with Gasteiger partial charge in [0.2, 0.25) is 5.95 Å². The molecule has 1 aromatic carbocycles. The second-order valence-corrected chi connectivity index (χ2v) is 5.42. The SMILES string of the molecule is Nc1ncc2c(F)cc(-c3c(F)cc(C4CC4)cc3F)n2n1. The van der Waals surface area contributed by atoms with E-state index in [-0.39, 0.29) is 28.6 Å². The van der Waals surface area contributed by atoms with E-state index in [0.29, 0.717) is 5.56 Å². The normalized spacial score (nSPS) is 14.7. The zero-order valence-electron chi connectivity index (χ0n) is 11.4. The molecule has 22 heavy (non-hydrogen) atoms. The lowest BCUT2D eigenvalue weighted by molar-refractivity contribution is 0.584. The standard InChI is InChI=1S/C15H11F3N4/c16-9-5-12(22-13(9)6-20-15(19)21-22)14-10(17)3-8(4-11(14)18)7-1-2-7/h3-7H,1-2H2,(H2,19,21). The third kappa shape index (κ3) is 1.93. The molecule has 1 saturated carbocycles. The highest BCUT2D eigenvalue weighted by molar-refractivity contribution is 5.68. The van der Waals surface area contributed by atoms with Crippen molar-refractivity contribution in [2.75, 3.05) is 5.73 Å². The van der Waals surface area contributed by atoms with Gasteiger partial charge < -0.3 is 5.73 Å². The fourth-order valence-corrected chi connectivity index (χ4v) is 2.63. The number of halogens is 3. The Morgan fingerprint density at radius 1 is 1.05 bits per heavy atom. The summed E-state index contributed by atoms with van der Waals surface area (Å²) in [6.45, 7) is 0. The predicted molar refractivity (Wildman–Crippen MR) is 74.7 cm³/mol. The fourth-order valence-electron chi connectivity index (χ4n) is 2.63. The van der Waals surface area contributed by atoms with Crippen molar-refractivity contribution in [1.29, 1.82) is 0 Å². The minimum absolute atomic E-state index is 0.00858. The van der Waals surface area contributed by atoms with Crippen molar-refractivity contribution < 1.29 is 13.2 Å². The highest BCUT2D eigenvalue weighted by Gasteiger charge is 2.27. The van der Waals surface area contributed by atoms with Gasteiger partial charge in [0.25, 0.3) is 0 Å². The van der Waals surface area contributed by atoms with Crippen molar-refractivity contribution in [2.45, 2.75) is 18.8 Å². The lowest BCUT2D eigenvalue weighted by atomic mass is 10.0. The van der Waals surface area contributed by atoms with Gasteiger partial charge >= 0.3 is 0 Å². The Morgan fingerprint density at radius 2 is 1.73 bits per heavy atom. The zero-order valence-corrected chi connectivity index (χ0v) is 11.4. The van der Waals surface area contributed by atoms with Crippen LogP contribution in [0.2, 0.25) is 0 Å². The maximum absolute atomic E-state index is 14.4. The molecule has 1 aliphatic carbocycles. The summed E-state index contributed by atoms with van der Waals surface area (Å²) in [7, 11) is 0. The molecule has 3 aromatic rings. The lowest BCUT2D eigenvalue weighted by Gasteiger charge is -2.08. The summed E-state index contributed by atoms with van der Waals surface area (Å²) in [5.41, 5.74) is 5.77. The summed E-state index contributed by atoms with van der Waals surface area (Å²) >= 11 is 0. The molecule has 0 radical (unpaired) electrons. The number of nitrogen functional groups attached to an aromatic ring is 1. The number of nitrogens with two attached hydrogens (primary N) is 1. The Bertz CT molecular complexity index is 876. The van der Waals surface area contributed by atoms with E-state index < -0.39 is 17.5 Å². The Hall–Kier alpha value is -2.57. The van der Waals surface area contributed by atoms with E-state index in [2.05, 4.69) is 10.1 Å². The van der Waals surface area contributed by atoms with E-state index >= 15 is 0 Å². The van der Waals surface area contributed by atoms with Crippen LogP contribution in [-0.2, 0) is 0 Å². The average molecular weight is 304 g/mol. The van der Waals surface area contributed by atoms with Gasteiger partial charge in [0.05, 0.1) is 17.5 Å². The highest BCUT2D eigenvalue weighted by Crippen LogP contribution is 2.42. The third-order valence-electron chi connectivity index (χ3n) is 3.86. The summed E-state index contributed by atoms with van der Waals surface area (Å²) < 4.78 is 43.7. The maximum Gasteiger partial charge on any atom is 0.238 e. The van der Waals surface area contributed by atoms with Gasteiger partial charge in [-0.15, -0.1) is 5.10 Å². The van der Waals surface area contributed by atoms with E-state index in [1.54, 1.807) is 0 Å². The van der Waals surface area contributed by atoms with Crippen LogP contribution in [0, 0.1) is 17.5 Å². The molecule has 1 fully saturated rings. The van der Waals surface area contributed by atoms with Gasteiger partial charge in [0.15, 0.2) is 5.82 Å². The smallest absolute Gasteiger partial charge is 0.238 e. The number of hydrogen-bond acceptors (Lipinski definition) is 3. The summed E-state index contributed by atoms with van der Waals surface area (Å²) in [5, 5.41) is 3.83. The molecule has 4 rings (SSSR count). The molecule has 112 valence electrons. The topological polar surface area (TPSA) is 56.2 Å². The first-order valence-electron chi connectivity index (χ1n) is 6.83. The minimum Gasteiger partial charge on any atom is -0.367 e. The van der Waals surface area contributed by atoms with Gasteiger partial charge in [-0.1, -0.05) is 0 Å². The molecule has 4 nitrogen and oxygen atoms in total. The number of hydrogen-bond donors (Lipinski definition) is 1. The molecule has 0 saturated heterocycles. The van der Waals surface area contributed by atoms with Gasteiger partial charge in [0.1, 0.15) is 17.2 Å². The zero-order chi connectivity index (χ0) is 15.4. The van der Waals surface area contributed by atoms with E-state index in [1.165, 1.54) is 18.3 Å². The molecule has 0 spiro atoms. The fraction of sp³-hybridized carbons (Fsp3) is 0.200. The Kier molecular flexibility index (Phi) is 2.66. The second kappa shape index (κ2) is 4.46. The molecular weight excluding hydrogens is 293 g/mol. The monoisotopic (exact) mass is 304 g/mol. The third-order valence-corrected chi connectivity index (χ3v) is 3.86. The summed E-state index contributed by atoms with van der Waals surface area (Å²) in [6, 6.07) is 3.64. The first kappa shape index (κ1) is 13.1. The van der Waals surface area contributed by atoms with E-state index in [9.17, 15) is 13.2 Å². The first-order valence-corrected chi connectivity index (χ1v) is 6.83. The molecule has 2 aromatic heterocycles. The van der Waals surface area contributed by atoms with Crippen LogP contribution in [0.5, 0.6) is 0 Å². The van der Waals surface area contributed by atoms with Crippen LogP contribution in [0.4, 0.5) is 19.1 Å². The minimum atomic E-state index is -0.738. The van der Waals surface area contributed by atoms with Gasteiger partial charge in [0, 0.05) is 6.07 Å². The van der Waals surface area contributed by atoms with Crippen LogP contribution in [0.25, 0.3) is 16.8 Å². The number of rotatable bonds is 2. The number of fused-ring (bicyclic) bond motifs is 1.